The van der Waals surface area contributed by atoms with Crippen molar-refractivity contribution in [3.05, 3.63) is 71.9 Å². The zero-order valence-corrected chi connectivity index (χ0v) is 14.7. The lowest BCUT2D eigenvalue weighted by atomic mass is 10.1. The van der Waals surface area contributed by atoms with Gasteiger partial charge in [0.2, 0.25) is 11.4 Å². The standard InChI is InChI=1S/C20H19N3O.ClH/c1-23-13-12-16(18-4-2-3-5-19(18)23)9-6-15-7-10-17(11-8-15)22-20(24)14-21;/h2-13H,14,21H2,1H3;1H. The Morgan fingerprint density at radius 1 is 1.08 bits per heavy atom. The van der Waals surface area contributed by atoms with Crippen molar-refractivity contribution in [2.75, 3.05) is 11.9 Å². The topological polar surface area (TPSA) is 59.0 Å². The Morgan fingerprint density at radius 2 is 1.80 bits per heavy atom. The van der Waals surface area contributed by atoms with E-state index in [4.69, 9.17) is 5.73 Å². The van der Waals surface area contributed by atoms with Crippen LogP contribution in [-0.2, 0) is 11.8 Å². The van der Waals surface area contributed by atoms with Crippen molar-refractivity contribution in [3.63, 3.8) is 0 Å². The summed E-state index contributed by atoms with van der Waals surface area (Å²) in [6, 6.07) is 18.1. The van der Waals surface area contributed by atoms with Crippen molar-refractivity contribution < 1.29 is 21.8 Å². The number of nitrogens with zero attached hydrogens (tertiary/aromatic N) is 1. The van der Waals surface area contributed by atoms with E-state index >= 15 is 0 Å². The third-order valence-electron chi connectivity index (χ3n) is 3.91. The van der Waals surface area contributed by atoms with Gasteiger partial charge in [-0.15, -0.1) is 0 Å². The smallest absolute Gasteiger partial charge is 0.238 e. The predicted molar refractivity (Wildman–Crippen MR) is 98.2 cm³/mol. The second kappa shape index (κ2) is 8.42. The lowest BCUT2D eigenvalue weighted by Gasteiger charge is -2.03. The highest BCUT2D eigenvalue weighted by molar-refractivity contribution is 5.92. The maximum atomic E-state index is 11.3. The van der Waals surface area contributed by atoms with E-state index in [1.807, 2.05) is 37.4 Å². The van der Waals surface area contributed by atoms with Crippen molar-refractivity contribution >= 4 is 34.6 Å². The molecular formula is C20H20ClN3O. The second-order valence-electron chi connectivity index (χ2n) is 5.61. The number of pyridine rings is 1. The van der Waals surface area contributed by atoms with Crippen LogP contribution in [-0.4, -0.2) is 12.5 Å². The Morgan fingerprint density at radius 3 is 2.52 bits per heavy atom. The Balaban J connectivity index is 0.00000225. The van der Waals surface area contributed by atoms with E-state index < -0.39 is 0 Å². The van der Waals surface area contributed by atoms with Crippen LogP contribution in [0.25, 0.3) is 23.1 Å². The number of aryl methyl sites for hydroxylation is 1. The van der Waals surface area contributed by atoms with E-state index in [0.717, 1.165) is 11.3 Å². The molecule has 0 saturated heterocycles. The van der Waals surface area contributed by atoms with E-state index in [9.17, 15) is 4.79 Å². The third kappa shape index (κ3) is 4.44. The summed E-state index contributed by atoms with van der Waals surface area (Å²) in [7, 11) is 2.05. The monoisotopic (exact) mass is 353 g/mol. The van der Waals surface area contributed by atoms with Crippen LogP contribution in [0.3, 0.4) is 0 Å². The lowest BCUT2D eigenvalue weighted by molar-refractivity contribution is -0.644. The van der Waals surface area contributed by atoms with Crippen LogP contribution in [0.2, 0.25) is 0 Å². The summed E-state index contributed by atoms with van der Waals surface area (Å²) < 4.78 is 2.11. The van der Waals surface area contributed by atoms with Crippen LogP contribution in [0.1, 0.15) is 11.1 Å². The van der Waals surface area contributed by atoms with Crippen LogP contribution < -0.4 is 28.0 Å². The highest BCUT2D eigenvalue weighted by Crippen LogP contribution is 2.18. The number of rotatable bonds is 4. The molecule has 0 aliphatic heterocycles. The molecular weight excluding hydrogens is 334 g/mol. The molecule has 3 N–H and O–H groups in total. The number of nitrogens with two attached hydrogens (primary N) is 1. The van der Waals surface area contributed by atoms with Crippen LogP contribution >= 0.6 is 0 Å². The molecule has 0 atom stereocenters. The number of benzene rings is 2. The molecule has 0 fully saturated rings. The van der Waals surface area contributed by atoms with Crippen molar-refractivity contribution in [2.45, 2.75) is 0 Å². The summed E-state index contributed by atoms with van der Waals surface area (Å²) in [4.78, 5) is 11.3. The van der Waals surface area contributed by atoms with Crippen molar-refractivity contribution in [1.82, 2.24) is 0 Å². The van der Waals surface area contributed by atoms with Gasteiger partial charge in [0.1, 0.15) is 7.05 Å². The number of carbonyl (C=O) groups is 1. The maximum Gasteiger partial charge on any atom is 0.238 e. The number of carbonyl (C=O) groups excluding carboxylic acids is 1. The van der Waals surface area contributed by atoms with Gasteiger partial charge >= 0.3 is 0 Å². The summed E-state index contributed by atoms with van der Waals surface area (Å²) in [5.74, 6) is -0.193. The number of amides is 1. The number of nitrogens with one attached hydrogen (secondary N) is 1. The molecule has 0 bridgehead atoms. The quantitative estimate of drug-likeness (QED) is 0.635. The first-order chi connectivity index (χ1) is 11.7. The Kier molecular flexibility index (Phi) is 6.28. The summed E-state index contributed by atoms with van der Waals surface area (Å²) >= 11 is 0. The highest BCUT2D eigenvalue weighted by atomic mass is 35.5. The minimum absolute atomic E-state index is 0. The van der Waals surface area contributed by atoms with Gasteiger partial charge < -0.3 is 23.5 Å². The zero-order valence-electron chi connectivity index (χ0n) is 13.9. The zero-order chi connectivity index (χ0) is 16.9. The number of halogens is 1. The molecule has 1 heterocycles. The molecule has 1 amide bonds. The molecule has 0 aliphatic carbocycles. The van der Waals surface area contributed by atoms with Crippen molar-refractivity contribution in [2.24, 2.45) is 12.8 Å². The van der Waals surface area contributed by atoms with E-state index in [2.05, 4.69) is 52.5 Å². The molecule has 3 aromatic rings. The molecule has 0 radical (unpaired) electrons. The first-order valence-corrected chi connectivity index (χ1v) is 7.83. The number of aromatic nitrogens is 1. The molecule has 5 heteroatoms. The minimum atomic E-state index is -0.193. The van der Waals surface area contributed by atoms with Gasteiger partial charge in [0.05, 0.1) is 11.9 Å². The van der Waals surface area contributed by atoms with Gasteiger partial charge in [0.15, 0.2) is 6.20 Å². The summed E-state index contributed by atoms with van der Waals surface area (Å²) in [5, 5.41) is 3.95. The Bertz CT molecular complexity index is 904. The van der Waals surface area contributed by atoms with E-state index in [1.165, 1.54) is 16.5 Å². The number of hydrogen-bond donors (Lipinski definition) is 2. The molecule has 0 spiro atoms. The molecule has 3 rings (SSSR count). The van der Waals surface area contributed by atoms with Gasteiger partial charge in [0, 0.05) is 17.8 Å². The number of anilines is 1. The van der Waals surface area contributed by atoms with Crippen molar-refractivity contribution in [1.29, 1.82) is 0 Å². The number of para-hydroxylation sites is 1. The predicted octanol–water partition coefficient (Wildman–Crippen LogP) is -0.264. The van der Waals surface area contributed by atoms with Gasteiger partial charge in [-0.05, 0) is 29.3 Å². The summed E-state index contributed by atoms with van der Waals surface area (Å²) in [5.41, 5.74) is 9.47. The second-order valence-corrected chi connectivity index (χ2v) is 5.61. The van der Waals surface area contributed by atoms with Crippen molar-refractivity contribution in [3.8, 4) is 0 Å². The molecule has 1 aromatic heterocycles. The first-order valence-electron chi connectivity index (χ1n) is 7.83. The average Bonchev–Trinajstić information content (AvgIpc) is 2.62. The summed E-state index contributed by atoms with van der Waals surface area (Å²) in [6.07, 6.45) is 6.24. The van der Waals surface area contributed by atoms with Gasteiger partial charge in [-0.3, -0.25) is 4.79 Å². The minimum Gasteiger partial charge on any atom is -1.00 e. The fraction of sp³-hybridized carbons (Fsp3) is 0.100. The summed E-state index contributed by atoms with van der Waals surface area (Å²) in [6.45, 7) is -0.0137. The van der Waals surface area contributed by atoms with E-state index in [1.54, 1.807) is 0 Å². The van der Waals surface area contributed by atoms with Gasteiger partial charge in [-0.1, -0.05) is 36.4 Å². The van der Waals surface area contributed by atoms with Crippen LogP contribution in [0, 0.1) is 0 Å². The molecule has 2 aromatic carbocycles. The molecule has 128 valence electrons. The Labute approximate surface area is 153 Å². The fourth-order valence-electron chi connectivity index (χ4n) is 2.61. The highest BCUT2D eigenvalue weighted by Gasteiger charge is 2.06. The van der Waals surface area contributed by atoms with Crippen LogP contribution in [0.4, 0.5) is 5.69 Å². The fourth-order valence-corrected chi connectivity index (χ4v) is 2.61. The SMILES string of the molecule is C[n+]1ccc(C=Cc2ccc(NC(=O)CN)cc2)c2ccccc21.[Cl-]. The molecule has 0 aliphatic rings. The Hall–Kier alpha value is -2.69. The number of fused-ring (bicyclic) bond motifs is 1. The average molecular weight is 354 g/mol. The molecule has 0 unspecified atom stereocenters. The van der Waals surface area contributed by atoms with Gasteiger partial charge in [0.25, 0.3) is 0 Å². The molecule has 25 heavy (non-hydrogen) atoms. The van der Waals surface area contributed by atoms with Gasteiger partial charge in [-0.25, -0.2) is 4.57 Å². The normalized spacial score (nSPS) is 10.6. The van der Waals surface area contributed by atoms with E-state index in [-0.39, 0.29) is 24.9 Å². The van der Waals surface area contributed by atoms with Crippen LogP contribution in [0.5, 0.6) is 0 Å². The first kappa shape index (κ1) is 18.6. The lowest BCUT2D eigenvalue weighted by Crippen LogP contribution is -3.00. The van der Waals surface area contributed by atoms with Gasteiger partial charge in [-0.2, -0.15) is 0 Å². The number of hydrogen-bond acceptors (Lipinski definition) is 2. The molecule has 4 nitrogen and oxygen atoms in total. The molecule has 0 saturated carbocycles. The maximum absolute atomic E-state index is 11.3. The van der Waals surface area contributed by atoms with Crippen LogP contribution in [0.15, 0.2) is 60.8 Å². The third-order valence-corrected chi connectivity index (χ3v) is 3.91. The van der Waals surface area contributed by atoms with E-state index in [0.29, 0.717) is 0 Å². The largest absolute Gasteiger partial charge is 1.00 e.